The molecule has 0 saturated heterocycles. The highest BCUT2D eigenvalue weighted by Gasteiger charge is 2.23. The number of nitrogens with zero attached hydrogens (tertiary/aromatic N) is 3. The molecular formula is C24H28N4O4. The van der Waals surface area contributed by atoms with Crippen molar-refractivity contribution in [2.45, 2.75) is 39.8 Å². The van der Waals surface area contributed by atoms with Crippen molar-refractivity contribution in [1.29, 1.82) is 0 Å². The van der Waals surface area contributed by atoms with Gasteiger partial charge in [-0.05, 0) is 56.5 Å². The van der Waals surface area contributed by atoms with Crippen LogP contribution in [0.25, 0.3) is 22.8 Å². The smallest absolute Gasteiger partial charge is 0.320 e. The van der Waals surface area contributed by atoms with Gasteiger partial charge in [-0.1, -0.05) is 23.4 Å². The van der Waals surface area contributed by atoms with E-state index in [1.54, 1.807) is 6.07 Å². The zero-order valence-corrected chi connectivity index (χ0v) is 18.6. The van der Waals surface area contributed by atoms with E-state index in [4.69, 9.17) is 19.7 Å². The topological polar surface area (TPSA) is 104 Å². The van der Waals surface area contributed by atoms with Crippen LogP contribution in [0.1, 0.15) is 31.9 Å². The molecule has 0 atom stereocenters. The Morgan fingerprint density at radius 1 is 1.28 bits per heavy atom. The van der Waals surface area contributed by atoms with Crippen molar-refractivity contribution in [3.8, 4) is 28.6 Å². The standard InChI is InChI=1S/C24H28N4O4/c1-4-30-22(29)14-28-11-10-18-17(13-28)6-5-7-19(18)23-26-24(32-27-23)16-8-9-21(20(25)12-16)31-15(2)3/h5-9,12,15H,4,10-11,13-14,25H2,1-3H3. The first-order chi connectivity index (χ1) is 15.4. The van der Waals surface area contributed by atoms with Gasteiger partial charge in [-0.25, -0.2) is 0 Å². The Kier molecular flexibility index (Phi) is 6.41. The summed E-state index contributed by atoms with van der Waals surface area (Å²) in [6, 6.07) is 11.5. The highest BCUT2D eigenvalue weighted by Crippen LogP contribution is 2.32. The monoisotopic (exact) mass is 436 g/mol. The second-order valence-electron chi connectivity index (χ2n) is 8.05. The number of nitrogens with two attached hydrogens (primary N) is 1. The van der Waals surface area contributed by atoms with Crippen molar-refractivity contribution < 1.29 is 18.8 Å². The summed E-state index contributed by atoms with van der Waals surface area (Å²) in [4.78, 5) is 18.5. The Morgan fingerprint density at radius 2 is 2.12 bits per heavy atom. The predicted molar refractivity (Wildman–Crippen MR) is 121 cm³/mol. The van der Waals surface area contributed by atoms with Gasteiger partial charge in [0.25, 0.3) is 5.89 Å². The zero-order valence-electron chi connectivity index (χ0n) is 18.6. The van der Waals surface area contributed by atoms with Crippen LogP contribution in [0.3, 0.4) is 0 Å². The molecule has 0 bridgehead atoms. The summed E-state index contributed by atoms with van der Waals surface area (Å²) in [7, 11) is 0. The molecule has 3 aromatic rings. The number of fused-ring (bicyclic) bond motifs is 1. The third kappa shape index (κ3) is 4.75. The molecule has 32 heavy (non-hydrogen) atoms. The average Bonchev–Trinajstić information content (AvgIpc) is 3.24. The lowest BCUT2D eigenvalue weighted by Gasteiger charge is -2.28. The summed E-state index contributed by atoms with van der Waals surface area (Å²) in [5.41, 5.74) is 10.7. The van der Waals surface area contributed by atoms with E-state index in [1.165, 1.54) is 5.56 Å². The number of hydrogen-bond donors (Lipinski definition) is 1. The van der Waals surface area contributed by atoms with E-state index in [0.717, 1.165) is 29.7 Å². The lowest BCUT2D eigenvalue weighted by Crippen LogP contribution is -2.35. The third-order valence-corrected chi connectivity index (χ3v) is 5.29. The molecule has 0 unspecified atom stereocenters. The molecular weight excluding hydrogens is 408 g/mol. The first-order valence-electron chi connectivity index (χ1n) is 10.8. The summed E-state index contributed by atoms with van der Waals surface area (Å²) in [5.74, 6) is 1.38. The number of benzene rings is 2. The fourth-order valence-corrected chi connectivity index (χ4v) is 3.89. The molecule has 0 spiro atoms. The number of aromatic nitrogens is 2. The average molecular weight is 437 g/mol. The molecule has 1 aliphatic heterocycles. The Balaban J connectivity index is 1.54. The van der Waals surface area contributed by atoms with Gasteiger partial charge >= 0.3 is 5.97 Å². The van der Waals surface area contributed by atoms with Crippen LogP contribution >= 0.6 is 0 Å². The number of anilines is 1. The van der Waals surface area contributed by atoms with Gasteiger partial charge in [0.2, 0.25) is 5.82 Å². The molecule has 0 amide bonds. The molecule has 2 N–H and O–H groups in total. The Labute approximate surface area is 187 Å². The molecule has 0 radical (unpaired) electrons. The first-order valence-corrected chi connectivity index (χ1v) is 10.8. The van der Waals surface area contributed by atoms with Crippen LogP contribution in [0, 0.1) is 0 Å². The van der Waals surface area contributed by atoms with Crippen LogP contribution in [-0.4, -0.2) is 46.8 Å². The molecule has 8 nitrogen and oxygen atoms in total. The van der Waals surface area contributed by atoms with Crippen LogP contribution in [-0.2, 0) is 22.5 Å². The van der Waals surface area contributed by atoms with Crippen LogP contribution in [0.5, 0.6) is 5.75 Å². The Hall–Kier alpha value is -3.39. The van der Waals surface area contributed by atoms with Gasteiger partial charge in [0, 0.05) is 24.2 Å². The minimum absolute atomic E-state index is 0.0376. The van der Waals surface area contributed by atoms with Gasteiger partial charge in [0.1, 0.15) is 5.75 Å². The van der Waals surface area contributed by atoms with Crippen molar-refractivity contribution in [2.75, 3.05) is 25.4 Å². The summed E-state index contributed by atoms with van der Waals surface area (Å²) < 4.78 is 16.3. The van der Waals surface area contributed by atoms with E-state index >= 15 is 0 Å². The zero-order chi connectivity index (χ0) is 22.7. The summed E-state index contributed by atoms with van der Waals surface area (Å²) in [5, 5.41) is 4.22. The van der Waals surface area contributed by atoms with E-state index in [2.05, 4.69) is 21.1 Å². The van der Waals surface area contributed by atoms with E-state index in [-0.39, 0.29) is 12.1 Å². The molecule has 2 aromatic carbocycles. The van der Waals surface area contributed by atoms with E-state index in [0.29, 0.717) is 42.8 Å². The summed E-state index contributed by atoms with van der Waals surface area (Å²) >= 11 is 0. The Bertz CT molecular complexity index is 1110. The van der Waals surface area contributed by atoms with Crippen molar-refractivity contribution >= 4 is 11.7 Å². The van der Waals surface area contributed by atoms with Crippen LogP contribution in [0.15, 0.2) is 40.9 Å². The molecule has 8 heteroatoms. The molecule has 0 fully saturated rings. The number of hydrogen-bond acceptors (Lipinski definition) is 8. The fraction of sp³-hybridized carbons (Fsp3) is 0.375. The first kappa shape index (κ1) is 21.8. The number of ether oxygens (including phenoxy) is 2. The SMILES string of the molecule is CCOC(=O)CN1CCc2c(cccc2-c2noc(-c3ccc(OC(C)C)c(N)c3)n2)C1. The lowest BCUT2D eigenvalue weighted by molar-refractivity contribution is -0.144. The minimum atomic E-state index is -0.195. The van der Waals surface area contributed by atoms with Gasteiger partial charge in [0.15, 0.2) is 0 Å². The van der Waals surface area contributed by atoms with Gasteiger partial charge < -0.3 is 19.7 Å². The summed E-state index contributed by atoms with van der Waals surface area (Å²) in [6.45, 7) is 7.86. The third-order valence-electron chi connectivity index (χ3n) is 5.29. The van der Waals surface area contributed by atoms with Crippen molar-refractivity contribution in [1.82, 2.24) is 15.0 Å². The van der Waals surface area contributed by atoms with Crippen LogP contribution < -0.4 is 10.5 Å². The van der Waals surface area contributed by atoms with Crippen molar-refractivity contribution in [2.24, 2.45) is 0 Å². The second kappa shape index (κ2) is 9.40. The molecule has 4 rings (SSSR count). The molecule has 2 heterocycles. The highest BCUT2D eigenvalue weighted by atomic mass is 16.5. The predicted octanol–water partition coefficient (Wildman–Crippen LogP) is 3.69. The number of nitrogen functional groups attached to an aromatic ring is 1. The normalized spacial score (nSPS) is 13.8. The maximum absolute atomic E-state index is 11.8. The number of rotatable bonds is 7. The molecule has 168 valence electrons. The molecule has 1 aliphatic rings. The molecule has 1 aromatic heterocycles. The number of esters is 1. The molecule has 0 aliphatic carbocycles. The van der Waals surface area contributed by atoms with E-state index < -0.39 is 0 Å². The van der Waals surface area contributed by atoms with Gasteiger partial charge in [-0.2, -0.15) is 4.98 Å². The van der Waals surface area contributed by atoms with Gasteiger partial charge in [-0.15, -0.1) is 0 Å². The highest BCUT2D eigenvalue weighted by molar-refractivity contribution is 5.72. The summed E-state index contributed by atoms with van der Waals surface area (Å²) in [6.07, 6.45) is 0.832. The quantitative estimate of drug-likeness (QED) is 0.442. The number of carbonyl (C=O) groups excluding carboxylic acids is 1. The largest absolute Gasteiger partial charge is 0.489 e. The maximum atomic E-state index is 11.8. The van der Waals surface area contributed by atoms with Crippen LogP contribution in [0.4, 0.5) is 5.69 Å². The second-order valence-corrected chi connectivity index (χ2v) is 8.05. The fourth-order valence-electron chi connectivity index (χ4n) is 3.89. The number of carbonyl (C=O) groups is 1. The van der Waals surface area contributed by atoms with E-state index in [1.807, 2.05) is 45.0 Å². The van der Waals surface area contributed by atoms with Crippen molar-refractivity contribution in [3.63, 3.8) is 0 Å². The van der Waals surface area contributed by atoms with Gasteiger partial charge in [0.05, 0.1) is 24.9 Å². The maximum Gasteiger partial charge on any atom is 0.320 e. The molecule has 0 saturated carbocycles. The minimum Gasteiger partial charge on any atom is -0.489 e. The lowest BCUT2D eigenvalue weighted by atomic mass is 9.94. The van der Waals surface area contributed by atoms with Gasteiger partial charge in [-0.3, -0.25) is 9.69 Å². The van der Waals surface area contributed by atoms with Crippen molar-refractivity contribution in [3.05, 3.63) is 47.5 Å². The van der Waals surface area contributed by atoms with E-state index in [9.17, 15) is 4.79 Å². The Morgan fingerprint density at radius 3 is 2.88 bits per heavy atom. The van der Waals surface area contributed by atoms with Crippen LogP contribution in [0.2, 0.25) is 0 Å².